The molecule has 3 N–H and O–H groups in total. The van der Waals surface area contributed by atoms with Crippen molar-refractivity contribution in [3.8, 4) is 0 Å². The van der Waals surface area contributed by atoms with Crippen molar-refractivity contribution < 1.29 is 9.90 Å². The highest BCUT2D eigenvalue weighted by atomic mass is 16.4. The molecule has 0 spiro atoms. The molecule has 72 valence electrons. The average molecular weight is 173 g/mol. The third-order valence-electron chi connectivity index (χ3n) is 1.78. The zero-order valence-electron chi connectivity index (χ0n) is 8.29. The summed E-state index contributed by atoms with van der Waals surface area (Å²) in [7, 11) is 0. The van der Waals surface area contributed by atoms with Crippen molar-refractivity contribution in [3.05, 3.63) is 0 Å². The normalized spacial score (nSPS) is 17.1. The Morgan fingerprint density at radius 3 is 2.00 bits per heavy atom. The summed E-state index contributed by atoms with van der Waals surface area (Å²) >= 11 is 0. The van der Waals surface area contributed by atoms with Crippen molar-refractivity contribution >= 4 is 5.97 Å². The van der Waals surface area contributed by atoms with Gasteiger partial charge in [-0.25, -0.2) is 0 Å². The number of carboxylic acids is 1. The minimum Gasteiger partial charge on any atom is -0.481 e. The molecule has 2 atom stereocenters. The number of rotatable bonds is 3. The van der Waals surface area contributed by atoms with Crippen LogP contribution in [0.25, 0.3) is 0 Å². The lowest BCUT2D eigenvalue weighted by Crippen LogP contribution is -2.35. The van der Waals surface area contributed by atoms with Crippen LogP contribution in [0.15, 0.2) is 0 Å². The smallest absolute Gasteiger partial charge is 0.308 e. The molecule has 2 unspecified atom stereocenters. The van der Waals surface area contributed by atoms with Crippen LogP contribution in [0.4, 0.5) is 0 Å². The summed E-state index contributed by atoms with van der Waals surface area (Å²) in [5, 5.41) is 8.83. The molecule has 0 saturated carbocycles. The van der Waals surface area contributed by atoms with Crippen LogP contribution in [0, 0.1) is 11.3 Å². The number of aliphatic carboxylic acids is 1. The maximum atomic E-state index is 10.7. The van der Waals surface area contributed by atoms with Crippen molar-refractivity contribution in [1.82, 2.24) is 0 Å². The van der Waals surface area contributed by atoms with Gasteiger partial charge in [0.1, 0.15) is 0 Å². The molecule has 0 rings (SSSR count). The molecule has 0 aliphatic carbocycles. The average Bonchev–Trinajstić information content (AvgIpc) is 1.79. The van der Waals surface area contributed by atoms with Gasteiger partial charge in [0.15, 0.2) is 0 Å². The molecule has 0 aliphatic heterocycles. The topological polar surface area (TPSA) is 63.3 Å². The van der Waals surface area contributed by atoms with Crippen LogP contribution in [-0.4, -0.2) is 17.1 Å². The maximum Gasteiger partial charge on any atom is 0.308 e. The minimum atomic E-state index is -0.792. The largest absolute Gasteiger partial charge is 0.481 e. The predicted octanol–water partition coefficient (Wildman–Crippen LogP) is 1.47. The summed E-state index contributed by atoms with van der Waals surface area (Å²) in [5.74, 6) is -1.22. The molecule has 0 aliphatic rings. The molecule has 0 fully saturated rings. The monoisotopic (exact) mass is 173 g/mol. The van der Waals surface area contributed by atoms with Crippen LogP contribution in [0.2, 0.25) is 0 Å². The lowest BCUT2D eigenvalue weighted by molar-refractivity contribution is -0.143. The fraction of sp³-hybridized carbons (Fsp3) is 0.889. The van der Waals surface area contributed by atoms with Crippen molar-refractivity contribution in [2.45, 2.75) is 40.2 Å². The fourth-order valence-corrected chi connectivity index (χ4v) is 1.16. The molecule has 3 heteroatoms. The number of nitrogens with two attached hydrogens (primary N) is 1. The Morgan fingerprint density at radius 2 is 1.92 bits per heavy atom. The van der Waals surface area contributed by atoms with E-state index in [-0.39, 0.29) is 11.5 Å². The summed E-state index contributed by atoms with van der Waals surface area (Å²) in [4.78, 5) is 10.7. The lowest BCUT2D eigenvalue weighted by Gasteiger charge is -2.25. The molecule has 0 aromatic heterocycles. The quantitative estimate of drug-likeness (QED) is 0.679. The van der Waals surface area contributed by atoms with Crippen LogP contribution >= 0.6 is 0 Å². The second kappa shape index (κ2) is 3.90. The van der Waals surface area contributed by atoms with Gasteiger partial charge in [0.05, 0.1) is 5.92 Å². The molecule has 0 heterocycles. The van der Waals surface area contributed by atoms with E-state index in [1.165, 1.54) is 0 Å². The Bertz CT molecular complexity index is 158. The molecule has 0 saturated heterocycles. The van der Waals surface area contributed by atoms with E-state index in [2.05, 4.69) is 0 Å². The molecule has 3 nitrogen and oxygen atoms in total. The van der Waals surface area contributed by atoms with Crippen molar-refractivity contribution in [2.24, 2.45) is 17.1 Å². The van der Waals surface area contributed by atoms with Crippen LogP contribution in [0.3, 0.4) is 0 Å². The zero-order chi connectivity index (χ0) is 9.94. The molecule has 0 aromatic carbocycles. The Kier molecular flexibility index (Phi) is 3.71. The van der Waals surface area contributed by atoms with Gasteiger partial charge in [0.25, 0.3) is 0 Å². The predicted molar refractivity (Wildman–Crippen MR) is 48.8 cm³/mol. The molecule has 0 bridgehead atoms. The van der Waals surface area contributed by atoms with Gasteiger partial charge >= 0.3 is 5.97 Å². The van der Waals surface area contributed by atoms with Gasteiger partial charge in [-0.15, -0.1) is 0 Å². The molecule has 12 heavy (non-hydrogen) atoms. The summed E-state index contributed by atoms with van der Waals surface area (Å²) in [6.45, 7) is 7.80. The van der Waals surface area contributed by atoms with E-state index in [0.29, 0.717) is 6.42 Å². The third-order valence-corrected chi connectivity index (χ3v) is 1.78. The van der Waals surface area contributed by atoms with Crippen LogP contribution in [-0.2, 0) is 4.79 Å². The van der Waals surface area contributed by atoms with E-state index in [4.69, 9.17) is 10.8 Å². The Morgan fingerprint density at radius 1 is 1.50 bits per heavy atom. The number of carbonyl (C=O) groups is 1. The highest BCUT2D eigenvalue weighted by Gasteiger charge is 2.27. The van der Waals surface area contributed by atoms with Crippen LogP contribution in [0.5, 0.6) is 0 Å². The van der Waals surface area contributed by atoms with Gasteiger partial charge in [0.2, 0.25) is 0 Å². The summed E-state index contributed by atoms with van der Waals surface area (Å²) < 4.78 is 0. The highest BCUT2D eigenvalue weighted by molar-refractivity contribution is 5.70. The first-order valence-electron chi connectivity index (χ1n) is 4.22. The highest BCUT2D eigenvalue weighted by Crippen LogP contribution is 2.25. The van der Waals surface area contributed by atoms with E-state index in [1.807, 2.05) is 20.8 Å². The lowest BCUT2D eigenvalue weighted by atomic mass is 9.82. The summed E-state index contributed by atoms with van der Waals surface area (Å²) in [6, 6.07) is -0.276. The number of hydrogen-bond donors (Lipinski definition) is 2. The fourth-order valence-electron chi connectivity index (χ4n) is 1.16. The summed E-state index contributed by atoms with van der Waals surface area (Å²) in [6.07, 6.45) is 0.625. The van der Waals surface area contributed by atoms with Gasteiger partial charge in [-0.05, 0) is 18.8 Å². The SMILES string of the molecule is CC(N)C(CC(C)(C)C)C(=O)O. The van der Waals surface area contributed by atoms with Gasteiger partial charge in [-0.2, -0.15) is 0 Å². The first kappa shape index (κ1) is 11.4. The van der Waals surface area contributed by atoms with E-state index in [1.54, 1.807) is 6.92 Å². The Labute approximate surface area is 74.0 Å². The maximum absolute atomic E-state index is 10.7. The van der Waals surface area contributed by atoms with E-state index >= 15 is 0 Å². The van der Waals surface area contributed by atoms with Gasteiger partial charge < -0.3 is 10.8 Å². The van der Waals surface area contributed by atoms with Gasteiger partial charge in [0, 0.05) is 6.04 Å². The molecule has 0 radical (unpaired) electrons. The first-order chi connectivity index (χ1) is 5.24. The molecule has 0 amide bonds. The van der Waals surface area contributed by atoms with E-state index in [0.717, 1.165) is 0 Å². The van der Waals surface area contributed by atoms with Crippen molar-refractivity contribution in [3.63, 3.8) is 0 Å². The van der Waals surface area contributed by atoms with Crippen molar-refractivity contribution in [1.29, 1.82) is 0 Å². The zero-order valence-corrected chi connectivity index (χ0v) is 8.29. The van der Waals surface area contributed by atoms with E-state index in [9.17, 15) is 4.79 Å². The summed E-state index contributed by atoms with van der Waals surface area (Å²) in [5.41, 5.74) is 5.59. The standard InChI is InChI=1S/C9H19NO2/c1-6(10)7(8(11)12)5-9(2,3)4/h6-7H,5,10H2,1-4H3,(H,11,12). The molecular weight excluding hydrogens is 154 g/mol. The van der Waals surface area contributed by atoms with Gasteiger partial charge in [-0.1, -0.05) is 20.8 Å². The van der Waals surface area contributed by atoms with E-state index < -0.39 is 11.9 Å². The van der Waals surface area contributed by atoms with Crippen LogP contribution < -0.4 is 5.73 Å². The van der Waals surface area contributed by atoms with Crippen molar-refractivity contribution in [2.75, 3.05) is 0 Å². The number of carboxylic acid groups (broad SMARTS) is 1. The number of hydrogen-bond acceptors (Lipinski definition) is 2. The van der Waals surface area contributed by atoms with Gasteiger partial charge in [-0.3, -0.25) is 4.79 Å². The molecular formula is C9H19NO2. The minimum absolute atomic E-state index is 0.0245. The second-order valence-electron chi connectivity index (χ2n) is 4.57. The first-order valence-corrected chi connectivity index (χ1v) is 4.22. The van der Waals surface area contributed by atoms with Crippen LogP contribution in [0.1, 0.15) is 34.1 Å². The third kappa shape index (κ3) is 4.34. The Hall–Kier alpha value is -0.570. The second-order valence-corrected chi connectivity index (χ2v) is 4.57. The Balaban J connectivity index is 4.25. The molecule has 0 aromatic rings.